The molecular formula is C32H30ClFN8O2. The van der Waals surface area contributed by atoms with E-state index >= 15 is 4.39 Å². The third kappa shape index (κ3) is 5.11. The van der Waals surface area contributed by atoms with Gasteiger partial charge >= 0.3 is 0 Å². The second kappa shape index (κ2) is 11.1. The molecule has 7 rings (SSSR count). The van der Waals surface area contributed by atoms with Gasteiger partial charge in [-0.1, -0.05) is 48.4 Å². The van der Waals surface area contributed by atoms with Crippen LogP contribution in [-0.4, -0.2) is 40.2 Å². The van der Waals surface area contributed by atoms with E-state index in [1.807, 2.05) is 6.07 Å². The third-order valence-electron chi connectivity index (χ3n) is 8.39. The van der Waals surface area contributed by atoms with Crippen LogP contribution in [0.5, 0.6) is 0 Å². The molecular weight excluding hydrogens is 583 g/mol. The number of nitrogens with zero attached hydrogens (tertiary/aromatic N) is 7. The van der Waals surface area contributed by atoms with Crippen molar-refractivity contribution in [2.75, 3.05) is 5.32 Å². The lowest BCUT2D eigenvalue weighted by Gasteiger charge is -2.23. The third-order valence-corrected chi connectivity index (χ3v) is 8.68. The lowest BCUT2D eigenvalue weighted by Crippen LogP contribution is -2.26. The highest BCUT2D eigenvalue weighted by Gasteiger charge is 2.28. The van der Waals surface area contributed by atoms with Crippen LogP contribution < -0.4 is 10.9 Å². The number of nitrogens with one attached hydrogen (secondary N) is 1. The summed E-state index contributed by atoms with van der Waals surface area (Å²) < 4.78 is 43.6. The highest BCUT2D eigenvalue weighted by molar-refractivity contribution is 6.31. The van der Waals surface area contributed by atoms with E-state index in [2.05, 4.69) is 25.7 Å². The van der Waals surface area contributed by atoms with Crippen LogP contribution in [0.1, 0.15) is 66.4 Å². The number of carbonyl (C=O) groups is 1. The van der Waals surface area contributed by atoms with Gasteiger partial charge in [0, 0.05) is 34.6 Å². The van der Waals surface area contributed by atoms with Crippen LogP contribution in [0.25, 0.3) is 28.2 Å². The largest absolute Gasteiger partial charge is 0.323 e. The van der Waals surface area contributed by atoms with Crippen molar-refractivity contribution < 1.29 is 13.3 Å². The summed E-state index contributed by atoms with van der Waals surface area (Å²) in [6.07, 6.45) is 8.13. The molecule has 0 saturated heterocycles. The standard InChI is InChI=1S/C32H30ClFN8O2/c1-18-5-3-8-26(20-6-4-7-21(13-20)31-24(37-32(18)44)15-36-40(31)2)41-17-35-23(14-28(41)43)29-27(12-11-22(33)30(29)34)42-16-25(38-39-42)19-9-10-19/h4,6-7,11-19,26H,3,5,8-10H2,1-2H3,(H,37,44)/t18-,26+/m1/s1/i2D3. The minimum atomic E-state index is -2.60. The number of benzene rings is 2. The fraction of sp³-hybridized carbons (Fsp3) is 0.312. The van der Waals surface area contributed by atoms with Crippen molar-refractivity contribution >= 4 is 23.2 Å². The average molecular weight is 616 g/mol. The second-order valence-corrected chi connectivity index (χ2v) is 11.8. The molecule has 224 valence electrons. The molecule has 0 radical (unpaired) electrons. The van der Waals surface area contributed by atoms with Gasteiger partial charge in [-0.05, 0) is 49.4 Å². The number of anilines is 1. The normalized spacial score (nSPS) is 20.0. The summed E-state index contributed by atoms with van der Waals surface area (Å²) in [6, 6.07) is 10.9. The van der Waals surface area contributed by atoms with Gasteiger partial charge < -0.3 is 5.32 Å². The van der Waals surface area contributed by atoms with Gasteiger partial charge in [0.25, 0.3) is 5.56 Å². The van der Waals surface area contributed by atoms with Crippen LogP contribution in [0.15, 0.2) is 66.0 Å². The first kappa shape index (κ1) is 24.8. The Morgan fingerprint density at radius 2 is 1.98 bits per heavy atom. The first-order valence-corrected chi connectivity index (χ1v) is 14.9. The zero-order chi connectivity index (χ0) is 33.0. The monoisotopic (exact) mass is 615 g/mol. The minimum absolute atomic E-state index is 0.0278. The highest BCUT2D eigenvalue weighted by Crippen LogP contribution is 2.40. The smallest absolute Gasteiger partial charge is 0.254 e. The van der Waals surface area contributed by atoms with Gasteiger partial charge in [0.1, 0.15) is 0 Å². The average Bonchev–Trinajstić information content (AvgIpc) is 3.60. The maximum Gasteiger partial charge on any atom is 0.254 e. The van der Waals surface area contributed by atoms with Crippen LogP contribution in [0, 0.1) is 11.7 Å². The van der Waals surface area contributed by atoms with Crippen LogP contribution in [0.4, 0.5) is 10.1 Å². The maximum atomic E-state index is 15.7. The van der Waals surface area contributed by atoms with Gasteiger partial charge in [0.15, 0.2) is 5.82 Å². The zero-order valence-corrected chi connectivity index (χ0v) is 24.5. The van der Waals surface area contributed by atoms with Crippen LogP contribution in [-0.2, 0) is 11.8 Å². The summed E-state index contributed by atoms with van der Waals surface area (Å²) in [5.74, 6) is -1.04. The summed E-state index contributed by atoms with van der Waals surface area (Å²) in [5, 5.41) is 15.3. The van der Waals surface area contributed by atoms with Gasteiger partial charge in [0.05, 0.1) is 63.8 Å². The number of amides is 1. The van der Waals surface area contributed by atoms with E-state index in [4.69, 9.17) is 15.7 Å². The molecule has 1 amide bonds. The maximum absolute atomic E-state index is 15.7. The number of rotatable bonds is 4. The van der Waals surface area contributed by atoms with Crippen molar-refractivity contribution in [3.63, 3.8) is 0 Å². The molecule has 12 heteroatoms. The summed E-state index contributed by atoms with van der Waals surface area (Å²) in [6.45, 7) is -0.807. The van der Waals surface area contributed by atoms with Crippen LogP contribution >= 0.6 is 11.6 Å². The van der Waals surface area contributed by atoms with Crippen molar-refractivity contribution in [1.82, 2.24) is 34.3 Å². The fourth-order valence-electron chi connectivity index (χ4n) is 5.80. The van der Waals surface area contributed by atoms with E-state index in [-0.39, 0.29) is 33.6 Å². The minimum Gasteiger partial charge on any atom is -0.323 e. The molecule has 1 fully saturated rings. The molecule has 1 aliphatic heterocycles. The number of fused-ring (bicyclic) bond motifs is 4. The van der Waals surface area contributed by atoms with E-state index in [1.54, 1.807) is 37.4 Å². The molecule has 2 aromatic carbocycles. The Bertz CT molecular complexity index is 2070. The molecule has 0 spiro atoms. The van der Waals surface area contributed by atoms with E-state index in [1.165, 1.54) is 33.9 Å². The molecule has 44 heavy (non-hydrogen) atoms. The number of carbonyl (C=O) groups excluding carboxylic acids is 1. The SMILES string of the molecule is [2H]C([2H])([2H])n1ncc2c1-c1cccc(c1)[C@@H](n1cnc(-c3c(-n4cc(C5CC5)nn4)ccc(Cl)c3F)cc1=O)CCC[C@@H](C)C(=O)N2. The van der Waals surface area contributed by atoms with Gasteiger partial charge in [-0.25, -0.2) is 14.1 Å². The zero-order valence-electron chi connectivity index (χ0n) is 26.7. The number of hydrogen-bond donors (Lipinski definition) is 1. The predicted octanol–water partition coefficient (Wildman–Crippen LogP) is 5.91. The Morgan fingerprint density at radius 3 is 2.77 bits per heavy atom. The molecule has 4 heterocycles. The molecule has 2 atom stereocenters. The van der Waals surface area contributed by atoms with Crippen LogP contribution in [0.2, 0.25) is 5.02 Å². The molecule has 1 saturated carbocycles. The Hall–Kier alpha value is -4.64. The van der Waals surface area contributed by atoms with E-state index in [0.717, 1.165) is 28.8 Å². The molecule has 10 nitrogen and oxygen atoms in total. The molecule has 3 aromatic heterocycles. The molecule has 1 aliphatic carbocycles. The van der Waals surface area contributed by atoms with Crippen molar-refractivity contribution in [1.29, 1.82) is 0 Å². The summed E-state index contributed by atoms with van der Waals surface area (Å²) in [7, 11) is 0. The number of hydrogen-bond acceptors (Lipinski definition) is 6. The first-order valence-electron chi connectivity index (χ1n) is 16.0. The number of aryl methyl sites for hydroxylation is 1. The lowest BCUT2D eigenvalue weighted by molar-refractivity contribution is -0.119. The van der Waals surface area contributed by atoms with Gasteiger partial charge in [-0.15, -0.1) is 5.10 Å². The Balaban J connectivity index is 1.32. The van der Waals surface area contributed by atoms with Gasteiger partial charge in [-0.3, -0.25) is 18.8 Å². The topological polar surface area (TPSA) is 113 Å². The van der Waals surface area contributed by atoms with E-state index in [0.29, 0.717) is 36.4 Å². The Labute approximate surface area is 261 Å². The molecule has 1 N–H and O–H groups in total. The van der Waals surface area contributed by atoms with E-state index in [9.17, 15) is 9.59 Å². The summed E-state index contributed by atoms with van der Waals surface area (Å²) >= 11 is 6.19. The fourth-order valence-corrected chi connectivity index (χ4v) is 5.96. The van der Waals surface area contributed by atoms with Crippen molar-refractivity contribution in [3.8, 4) is 28.2 Å². The summed E-state index contributed by atoms with van der Waals surface area (Å²) in [4.78, 5) is 31.5. The predicted molar refractivity (Wildman–Crippen MR) is 164 cm³/mol. The number of halogens is 2. The number of aromatic nitrogens is 7. The van der Waals surface area contributed by atoms with Crippen molar-refractivity contribution in [2.24, 2.45) is 12.9 Å². The quantitative estimate of drug-likeness (QED) is 0.269. The highest BCUT2D eigenvalue weighted by atomic mass is 35.5. The van der Waals surface area contributed by atoms with Crippen molar-refractivity contribution in [3.05, 3.63) is 93.6 Å². The Kier molecular flexibility index (Phi) is 6.26. The van der Waals surface area contributed by atoms with Gasteiger partial charge in [0.2, 0.25) is 5.91 Å². The van der Waals surface area contributed by atoms with Crippen molar-refractivity contribution in [2.45, 2.75) is 51.0 Å². The lowest BCUT2D eigenvalue weighted by atomic mass is 9.94. The summed E-state index contributed by atoms with van der Waals surface area (Å²) in [5.41, 5.74) is 2.60. The molecule has 2 aliphatic rings. The molecule has 5 aromatic rings. The second-order valence-electron chi connectivity index (χ2n) is 11.4. The van der Waals surface area contributed by atoms with E-state index < -0.39 is 30.3 Å². The first-order chi connectivity index (χ1) is 22.5. The van der Waals surface area contributed by atoms with Crippen LogP contribution in [0.3, 0.4) is 0 Å². The van der Waals surface area contributed by atoms with Gasteiger partial charge in [-0.2, -0.15) is 5.10 Å². The Morgan fingerprint density at radius 1 is 1.11 bits per heavy atom. The molecule has 0 unspecified atom stereocenters. The molecule has 2 bridgehead atoms.